The first kappa shape index (κ1) is 13.3. The number of thiol groups is 1. The summed E-state index contributed by atoms with van der Waals surface area (Å²) in [6.07, 6.45) is 14.7. The minimum atomic E-state index is 0.563. The van der Waals surface area contributed by atoms with Crippen molar-refractivity contribution in [3.8, 4) is 0 Å². The van der Waals surface area contributed by atoms with Crippen LogP contribution in [0.2, 0.25) is 0 Å². The zero-order chi connectivity index (χ0) is 12.4. The summed E-state index contributed by atoms with van der Waals surface area (Å²) in [5.74, 6) is 2.15. The highest BCUT2D eigenvalue weighted by Gasteiger charge is 2.40. The molecule has 2 atom stereocenters. The van der Waals surface area contributed by atoms with E-state index in [4.69, 9.17) is 12.6 Å². The van der Waals surface area contributed by atoms with Gasteiger partial charge in [-0.05, 0) is 55.7 Å². The van der Waals surface area contributed by atoms with Crippen molar-refractivity contribution >= 4 is 12.6 Å². The van der Waals surface area contributed by atoms with Gasteiger partial charge >= 0.3 is 0 Å². The molecule has 2 saturated carbocycles. The van der Waals surface area contributed by atoms with E-state index in [-0.39, 0.29) is 0 Å². The van der Waals surface area contributed by atoms with Gasteiger partial charge in [0.15, 0.2) is 0 Å². The quantitative estimate of drug-likeness (QED) is 0.753. The summed E-state index contributed by atoms with van der Waals surface area (Å²) in [6, 6.07) is 0.942. The molecule has 0 amide bonds. The molecule has 0 bridgehead atoms. The third-order valence-corrected chi connectivity index (χ3v) is 6.58. The van der Waals surface area contributed by atoms with E-state index in [1.54, 1.807) is 0 Å². The van der Waals surface area contributed by atoms with E-state index in [1.165, 1.54) is 77.3 Å². The van der Waals surface area contributed by atoms with E-state index in [0.29, 0.717) is 5.41 Å². The third-order valence-electron chi connectivity index (χ3n) is 5.91. The zero-order valence-corrected chi connectivity index (χ0v) is 12.6. The van der Waals surface area contributed by atoms with E-state index in [9.17, 15) is 0 Å². The van der Waals surface area contributed by atoms with Gasteiger partial charge in [0.05, 0.1) is 0 Å². The number of fused-ring (bicyclic) bond motifs is 1. The number of hydrogen-bond acceptors (Lipinski definition) is 2. The molecule has 1 saturated heterocycles. The number of hydrogen-bond donors (Lipinski definition) is 1. The normalized spacial score (nSPS) is 36.5. The Bertz CT molecular complexity index is 272. The van der Waals surface area contributed by atoms with Crippen LogP contribution in [-0.2, 0) is 0 Å². The van der Waals surface area contributed by atoms with Gasteiger partial charge in [0.25, 0.3) is 0 Å². The molecule has 3 rings (SSSR count). The lowest BCUT2D eigenvalue weighted by atomic mass is 9.74. The highest BCUT2D eigenvalue weighted by molar-refractivity contribution is 7.80. The molecule has 1 aliphatic heterocycles. The van der Waals surface area contributed by atoms with Crippen molar-refractivity contribution in [2.75, 3.05) is 18.8 Å². The van der Waals surface area contributed by atoms with Crippen LogP contribution in [0.4, 0.5) is 0 Å². The number of rotatable bonds is 3. The summed E-state index contributed by atoms with van der Waals surface area (Å²) >= 11 is 4.71. The van der Waals surface area contributed by atoms with Crippen LogP contribution in [0.3, 0.4) is 0 Å². The van der Waals surface area contributed by atoms with Crippen molar-refractivity contribution in [3.05, 3.63) is 0 Å². The Hall–Kier alpha value is 0.310. The minimum Gasteiger partial charge on any atom is -0.300 e. The van der Waals surface area contributed by atoms with Crippen LogP contribution in [-0.4, -0.2) is 29.8 Å². The molecule has 0 radical (unpaired) electrons. The molecule has 3 aliphatic rings. The lowest BCUT2D eigenvalue weighted by molar-refractivity contribution is 0.0952. The van der Waals surface area contributed by atoms with Crippen molar-refractivity contribution in [2.24, 2.45) is 11.3 Å². The first-order valence-electron chi connectivity index (χ1n) is 8.18. The average Bonchev–Trinajstić information content (AvgIpc) is 2.83. The molecule has 0 aromatic carbocycles. The topological polar surface area (TPSA) is 3.24 Å². The second-order valence-corrected chi connectivity index (χ2v) is 7.41. The monoisotopic (exact) mass is 267 g/mol. The summed E-state index contributed by atoms with van der Waals surface area (Å²) < 4.78 is 0. The molecular weight excluding hydrogens is 238 g/mol. The van der Waals surface area contributed by atoms with E-state index in [2.05, 4.69) is 4.90 Å². The standard InChI is InChI=1S/C16H29NS/c18-13-16(9-4-1-5-10-16)12-17-11-8-14-6-2-3-7-15(14)17/h14-15,18H,1-13H2. The SMILES string of the molecule is SCC1(CN2CCC3CCCCC32)CCCCC1. The Morgan fingerprint density at radius 1 is 0.944 bits per heavy atom. The predicted molar refractivity (Wildman–Crippen MR) is 81.3 cm³/mol. The molecule has 104 valence electrons. The van der Waals surface area contributed by atoms with Crippen LogP contribution in [0.15, 0.2) is 0 Å². The van der Waals surface area contributed by atoms with E-state index in [0.717, 1.165) is 17.7 Å². The van der Waals surface area contributed by atoms with Gasteiger partial charge in [-0.2, -0.15) is 12.6 Å². The largest absolute Gasteiger partial charge is 0.300 e. The van der Waals surface area contributed by atoms with E-state index >= 15 is 0 Å². The van der Waals surface area contributed by atoms with E-state index in [1.807, 2.05) is 0 Å². The minimum absolute atomic E-state index is 0.563. The van der Waals surface area contributed by atoms with Crippen LogP contribution >= 0.6 is 12.6 Å². The zero-order valence-electron chi connectivity index (χ0n) is 11.7. The summed E-state index contributed by atoms with van der Waals surface area (Å²) in [5, 5.41) is 0. The van der Waals surface area contributed by atoms with Gasteiger partial charge in [0, 0.05) is 12.6 Å². The smallest absolute Gasteiger partial charge is 0.0124 e. The van der Waals surface area contributed by atoms with Crippen LogP contribution in [0.25, 0.3) is 0 Å². The third kappa shape index (κ3) is 2.60. The first-order chi connectivity index (χ1) is 8.83. The average molecular weight is 267 g/mol. The van der Waals surface area contributed by atoms with Crippen LogP contribution in [0.1, 0.15) is 64.2 Å². The molecule has 1 heterocycles. The van der Waals surface area contributed by atoms with Crippen LogP contribution < -0.4 is 0 Å². The second kappa shape index (κ2) is 5.75. The lowest BCUT2D eigenvalue weighted by Crippen LogP contribution is -2.44. The lowest BCUT2D eigenvalue weighted by Gasteiger charge is -2.42. The van der Waals surface area contributed by atoms with Gasteiger partial charge in [0.1, 0.15) is 0 Å². The van der Waals surface area contributed by atoms with Gasteiger partial charge in [-0.15, -0.1) is 0 Å². The molecule has 0 N–H and O–H groups in total. The first-order valence-corrected chi connectivity index (χ1v) is 8.81. The summed E-state index contributed by atoms with van der Waals surface area (Å²) in [5.41, 5.74) is 0.563. The molecule has 0 aromatic rings. The fourth-order valence-electron chi connectivity index (χ4n) is 4.80. The van der Waals surface area contributed by atoms with Crippen molar-refractivity contribution in [1.29, 1.82) is 0 Å². The molecule has 0 aromatic heterocycles. The van der Waals surface area contributed by atoms with Crippen LogP contribution in [0.5, 0.6) is 0 Å². The highest BCUT2D eigenvalue weighted by atomic mass is 32.1. The Kier molecular flexibility index (Phi) is 4.25. The molecule has 2 unspecified atom stereocenters. The Balaban J connectivity index is 1.64. The Morgan fingerprint density at radius 3 is 2.50 bits per heavy atom. The molecule has 0 spiro atoms. The van der Waals surface area contributed by atoms with Gasteiger partial charge in [-0.25, -0.2) is 0 Å². The Morgan fingerprint density at radius 2 is 1.72 bits per heavy atom. The molecular formula is C16H29NS. The van der Waals surface area contributed by atoms with Gasteiger partial charge in [0.2, 0.25) is 0 Å². The Labute approximate surface area is 118 Å². The fraction of sp³-hybridized carbons (Fsp3) is 1.00. The maximum atomic E-state index is 4.71. The maximum Gasteiger partial charge on any atom is 0.0124 e. The highest BCUT2D eigenvalue weighted by Crippen LogP contribution is 2.42. The molecule has 18 heavy (non-hydrogen) atoms. The van der Waals surface area contributed by atoms with Crippen molar-refractivity contribution < 1.29 is 0 Å². The van der Waals surface area contributed by atoms with Crippen LogP contribution in [0, 0.1) is 11.3 Å². The van der Waals surface area contributed by atoms with Gasteiger partial charge < -0.3 is 0 Å². The van der Waals surface area contributed by atoms with Crippen molar-refractivity contribution in [2.45, 2.75) is 70.3 Å². The molecule has 2 heteroatoms. The number of nitrogens with zero attached hydrogens (tertiary/aromatic N) is 1. The molecule has 1 nitrogen and oxygen atoms in total. The fourth-order valence-corrected chi connectivity index (χ4v) is 5.21. The maximum absolute atomic E-state index is 4.71. The van der Waals surface area contributed by atoms with Gasteiger partial charge in [-0.1, -0.05) is 32.1 Å². The molecule has 3 fully saturated rings. The predicted octanol–water partition coefficient (Wildman–Crippen LogP) is 4.13. The van der Waals surface area contributed by atoms with E-state index < -0.39 is 0 Å². The van der Waals surface area contributed by atoms with Crippen molar-refractivity contribution in [3.63, 3.8) is 0 Å². The second-order valence-electron chi connectivity index (χ2n) is 7.09. The van der Waals surface area contributed by atoms with Gasteiger partial charge in [-0.3, -0.25) is 4.90 Å². The molecule has 2 aliphatic carbocycles. The summed E-state index contributed by atoms with van der Waals surface area (Å²) in [6.45, 7) is 2.74. The van der Waals surface area contributed by atoms with Crippen molar-refractivity contribution in [1.82, 2.24) is 4.90 Å². The summed E-state index contributed by atoms with van der Waals surface area (Å²) in [4.78, 5) is 2.87. The number of likely N-dealkylation sites (tertiary alicyclic amines) is 1. The summed E-state index contributed by atoms with van der Waals surface area (Å²) in [7, 11) is 0.